The molecular formula is C16H21FN2O2. The second-order valence-corrected chi connectivity index (χ2v) is 5.92. The predicted molar refractivity (Wildman–Crippen MR) is 78.6 cm³/mol. The number of halogens is 1. The molecular weight excluding hydrogens is 271 g/mol. The third-order valence-electron chi connectivity index (χ3n) is 4.40. The number of benzene rings is 1. The highest BCUT2D eigenvalue weighted by Crippen LogP contribution is 2.26. The van der Waals surface area contributed by atoms with Crippen LogP contribution in [-0.2, 0) is 4.79 Å². The molecule has 1 amide bonds. The summed E-state index contributed by atoms with van der Waals surface area (Å²) in [5.41, 5.74) is 0.627. The molecule has 0 spiro atoms. The number of nitrogens with zero attached hydrogens (tertiary/aromatic N) is 2. The van der Waals surface area contributed by atoms with Crippen molar-refractivity contribution < 1.29 is 14.3 Å². The molecule has 0 radical (unpaired) electrons. The van der Waals surface area contributed by atoms with E-state index < -0.39 is 0 Å². The van der Waals surface area contributed by atoms with Gasteiger partial charge in [-0.3, -0.25) is 9.69 Å². The molecule has 2 saturated heterocycles. The third-order valence-corrected chi connectivity index (χ3v) is 4.40. The molecule has 2 atom stereocenters. The molecule has 1 aromatic carbocycles. The topological polar surface area (TPSA) is 43.8 Å². The van der Waals surface area contributed by atoms with Crippen molar-refractivity contribution in [2.45, 2.75) is 37.8 Å². The second-order valence-electron chi connectivity index (χ2n) is 5.92. The number of rotatable bonds is 2. The van der Waals surface area contributed by atoms with Crippen molar-refractivity contribution >= 4 is 11.6 Å². The molecule has 0 bridgehead atoms. The maximum atomic E-state index is 13.4. The summed E-state index contributed by atoms with van der Waals surface area (Å²) in [6.45, 7) is 2.05. The molecule has 2 aliphatic rings. The summed E-state index contributed by atoms with van der Waals surface area (Å²) < 4.78 is 13.4. The van der Waals surface area contributed by atoms with Crippen molar-refractivity contribution in [1.82, 2.24) is 4.90 Å². The third kappa shape index (κ3) is 3.09. The van der Waals surface area contributed by atoms with E-state index in [-0.39, 0.29) is 23.9 Å². The number of amides is 1. The Morgan fingerprint density at radius 3 is 2.76 bits per heavy atom. The van der Waals surface area contributed by atoms with Crippen LogP contribution in [0.15, 0.2) is 24.3 Å². The fourth-order valence-electron chi connectivity index (χ4n) is 3.36. The molecule has 0 aromatic heterocycles. The highest BCUT2D eigenvalue weighted by atomic mass is 19.1. The zero-order valence-electron chi connectivity index (χ0n) is 12.0. The number of likely N-dealkylation sites (tertiary alicyclic amines) is 1. The van der Waals surface area contributed by atoms with Gasteiger partial charge in [0.1, 0.15) is 5.82 Å². The van der Waals surface area contributed by atoms with Crippen molar-refractivity contribution in [2.75, 3.05) is 24.5 Å². The number of anilines is 1. The van der Waals surface area contributed by atoms with Gasteiger partial charge in [-0.25, -0.2) is 4.39 Å². The summed E-state index contributed by atoms with van der Waals surface area (Å²) in [5, 5.41) is 9.80. The lowest BCUT2D eigenvalue weighted by Gasteiger charge is -2.41. The minimum Gasteiger partial charge on any atom is -0.392 e. The number of carbonyl (C=O) groups excluding carboxylic acids is 1. The average molecular weight is 292 g/mol. The van der Waals surface area contributed by atoms with Gasteiger partial charge in [-0.05, 0) is 50.4 Å². The normalized spacial score (nSPS) is 27.9. The summed E-state index contributed by atoms with van der Waals surface area (Å²) >= 11 is 0. The van der Waals surface area contributed by atoms with Crippen LogP contribution in [0.3, 0.4) is 0 Å². The van der Waals surface area contributed by atoms with Gasteiger partial charge in [0, 0.05) is 18.8 Å². The Bertz CT molecular complexity index is 523. The highest BCUT2D eigenvalue weighted by Gasteiger charge is 2.35. The molecule has 3 rings (SSSR count). The Morgan fingerprint density at radius 1 is 1.19 bits per heavy atom. The van der Waals surface area contributed by atoms with Gasteiger partial charge in [0.25, 0.3) is 0 Å². The Kier molecular flexibility index (Phi) is 4.22. The van der Waals surface area contributed by atoms with Gasteiger partial charge in [-0.1, -0.05) is 6.07 Å². The van der Waals surface area contributed by atoms with Crippen LogP contribution in [0.1, 0.15) is 25.7 Å². The first-order valence-electron chi connectivity index (χ1n) is 7.64. The van der Waals surface area contributed by atoms with Crippen LogP contribution in [0, 0.1) is 5.82 Å². The first-order chi connectivity index (χ1) is 10.1. The van der Waals surface area contributed by atoms with E-state index >= 15 is 0 Å². The molecule has 0 saturated carbocycles. The van der Waals surface area contributed by atoms with E-state index in [4.69, 9.17) is 0 Å². The molecule has 0 aliphatic carbocycles. The molecule has 21 heavy (non-hydrogen) atoms. The van der Waals surface area contributed by atoms with Gasteiger partial charge in [-0.2, -0.15) is 0 Å². The van der Waals surface area contributed by atoms with Gasteiger partial charge in [0.2, 0.25) is 5.91 Å². The first kappa shape index (κ1) is 14.5. The van der Waals surface area contributed by atoms with Crippen LogP contribution in [0.2, 0.25) is 0 Å². The maximum Gasteiger partial charge on any atom is 0.244 e. The quantitative estimate of drug-likeness (QED) is 0.903. The SMILES string of the molecule is O=C1[C@H](N2CCC[C@H](O)C2)CCCN1c1cccc(F)c1. The summed E-state index contributed by atoms with van der Waals surface area (Å²) in [4.78, 5) is 16.5. The monoisotopic (exact) mass is 292 g/mol. The molecule has 5 heteroatoms. The lowest BCUT2D eigenvalue weighted by Crippen LogP contribution is -2.55. The van der Waals surface area contributed by atoms with Gasteiger partial charge in [0.15, 0.2) is 0 Å². The number of aliphatic hydroxyl groups is 1. The zero-order valence-corrected chi connectivity index (χ0v) is 12.0. The lowest BCUT2D eigenvalue weighted by atomic mass is 9.98. The molecule has 1 N–H and O–H groups in total. The van der Waals surface area contributed by atoms with Crippen LogP contribution in [0.5, 0.6) is 0 Å². The van der Waals surface area contributed by atoms with Gasteiger partial charge < -0.3 is 10.0 Å². The van der Waals surface area contributed by atoms with E-state index in [1.807, 2.05) is 0 Å². The average Bonchev–Trinajstić information content (AvgIpc) is 2.47. The van der Waals surface area contributed by atoms with Gasteiger partial charge in [0.05, 0.1) is 12.1 Å². The van der Waals surface area contributed by atoms with E-state index in [9.17, 15) is 14.3 Å². The van der Waals surface area contributed by atoms with Gasteiger partial charge >= 0.3 is 0 Å². The maximum absolute atomic E-state index is 13.4. The Hall–Kier alpha value is -1.46. The van der Waals surface area contributed by atoms with Crippen LogP contribution < -0.4 is 4.90 Å². The summed E-state index contributed by atoms with van der Waals surface area (Å²) in [7, 11) is 0. The molecule has 4 nitrogen and oxygen atoms in total. The van der Waals surface area contributed by atoms with E-state index in [0.717, 1.165) is 32.2 Å². The smallest absolute Gasteiger partial charge is 0.244 e. The molecule has 0 unspecified atom stereocenters. The van der Waals surface area contributed by atoms with E-state index in [1.165, 1.54) is 12.1 Å². The van der Waals surface area contributed by atoms with E-state index in [2.05, 4.69) is 4.90 Å². The predicted octanol–water partition coefficient (Wildman–Crippen LogP) is 1.78. The van der Waals surface area contributed by atoms with Crippen molar-refractivity contribution in [3.05, 3.63) is 30.1 Å². The fourth-order valence-corrected chi connectivity index (χ4v) is 3.36. The fraction of sp³-hybridized carbons (Fsp3) is 0.562. The number of hydrogen-bond acceptors (Lipinski definition) is 3. The molecule has 2 fully saturated rings. The first-order valence-corrected chi connectivity index (χ1v) is 7.64. The van der Waals surface area contributed by atoms with E-state index in [0.29, 0.717) is 18.8 Å². The Labute approximate surface area is 124 Å². The number of aliphatic hydroxyl groups excluding tert-OH is 1. The molecule has 2 aliphatic heterocycles. The Morgan fingerprint density at radius 2 is 2.00 bits per heavy atom. The van der Waals surface area contributed by atoms with Crippen molar-refractivity contribution in [3.8, 4) is 0 Å². The summed E-state index contributed by atoms with van der Waals surface area (Å²) in [5.74, 6) is -0.295. The number of hydrogen-bond donors (Lipinski definition) is 1. The second kappa shape index (κ2) is 6.12. The molecule has 1 aromatic rings. The largest absolute Gasteiger partial charge is 0.392 e. The zero-order chi connectivity index (χ0) is 14.8. The lowest BCUT2D eigenvalue weighted by molar-refractivity contribution is -0.126. The molecule has 2 heterocycles. The minimum absolute atomic E-state index is 0.0287. The number of β-amino-alcohol motifs (C(OH)–C–C–N with tert-alkyl or cyclic N) is 1. The van der Waals surface area contributed by atoms with E-state index in [1.54, 1.807) is 17.0 Å². The van der Waals surface area contributed by atoms with Crippen LogP contribution in [0.25, 0.3) is 0 Å². The van der Waals surface area contributed by atoms with Crippen LogP contribution in [-0.4, -0.2) is 47.7 Å². The highest BCUT2D eigenvalue weighted by molar-refractivity contribution is 5.97. The minimum atomic E-state index is -0.337. The Balaban J connectivity index is 1.77. The van der Waals surface area contributed by atoms with Gasteiger partial charge in [-0.15, -0.1) is 0 Å². The number of carbonyl (C=O) groups is 1. The number of piperidine rings is 2. The van der Waals surface area contributed by atoms with Crippen molar-refractivity contribution in [3.63, 3.8) is 0 Å². The van der Waals surface area contributed by atoms with Crippen LogP contribution in [0.4, 0.5) is 10.1 Å². The standard InChI is InChI=1S/C16H21FN2O2/c17-12-4-1-5-13(10-12)19-9-3-7-15(16(19)21)18-8-2-6-14(20)11-18/h1,4-5,10,14-15,20H,2-3,6-9,11H2/t14-,15+/m0/s1. The summed E-state index contributed by atoms with van der Waals surface area (Å²) in [6.07, 6.45) is 3.11. The van der Waals surface area contributed by atoms with Crippen LogP contribution >= 0.6 is 0 Å². The summed E-state index contributed by atoms with van der Waals surface area (Å²) in [6, 6.07) is 6.01. The van der Waals surface area contributed by atoms with Crippen molar-refractivity contribution in [2.24, 2.45) is 0 Å². The van der Waals surface area contributed by atoms with Crippen molar-refractivity contribution in [1.29, 1.82) is 0 Å². The molecule has 114 valence electrons.